The Morgan fingerprint density at radius 3 is 2.81 bits per heavy atom. The van der Waals surface area contributed by atoms with Gasteiger partial charge in [0.15, 0.2) is 0 Å². The zero-order valence-corrected chi connectivity index (χ0v) is 16.1. The molecule has 7 nitrogen and oxygen atoms in total. The number of rotatable bonds is 8. The maximum Gasteiger partial charge on any atom is 0.250 e. The lowest BCUT2D eigenvalue weighted by molar-refractivity contribution is 0.414. The summed E-state index contributed by atoms with van der Waals surface area (Å²) in [4.78, 5) is 1.03. The lowest BCUT2D eigenvalue weighted by atomic mass is 10.2. The van der Waals surface area contributed by atoms with Crippen LogP contribution in [0.25, 0.3) is 11.5 Å². The van der Waals surface area contributed by atoms with Gasteiger partial charge < -0.3 is 9.15 Å². The number of hydrogen-bond donors (Lipinski definition) is 1. The van der Waals surface area contributed by atoms with Crippen LogP contribution in [-0.4, -0.2) is 32.3 Å². The van der Waals surface area contributed by atoms with Gasteiger partial charge in [-0.3, -0.25) is 0 Å². The molecule has 0 aliphatic rings. The van der Waals surface area contributed by atoms with E-state index in [-0.39, 0.29) is 6.54 Å². The first-order valence-corrected chi connectivity index (χ1v) is 10.4. The average molecular weight is 393 g/mol. The first-order chi connectivity index (χ1) is 12.5. The van der Waals surface area contributed by atoms with E-state index >= 15 is 0 Å². The number of methoxy groups -OCH3 is 1. The molecule has 0 saturated carbocycles. The highest BCUT2D eigenvalue weighted by molar-refractivity contribution is 7.91. The molecule has 0 spiro atoms. The third kappa shape index (κ3) is 4.29. The van der Waals surface area contributed by atoms with Crippen LogP contribution in [0.15, 0.2) is 45.0 Å². The molecule has 2 heterocycles. The molecule has 9 heteroatoms. The minimum absolute atomic E-state index is 0.182. The molecule has 0 aliphatic carbocycles. The van der Waals surface area contributed by atoms with E-state index in [1.54, 1.807) is 19.2 Å². The largest absolute Gasteiger partial charge is 0.497 e. The highest BCUT2D eigenvalue weighted by atomic mass is 32.2. The zero-order chi connectivity index (χ0) is 18.6. The number of thiophene rings is 1. The Hall–Kier alpha value is -2.23. The maximum atomic E-state index is 12.3. The van der Waals surface area contributed by atoms with Crippen LogP contribution in [0.4, 0.5) is 0 Å². The van der Waals surface area contributed by atoms with Gasteiger partial charge in [-0.1, -0.05) is 13.0 Å². The molecule has 0 unspecified atom stereocenters. The van der Waals surface area contributed by atoms with Gasteiger partial charge in [0.2, 0.25) is 21.8 Å². The Labute approximate surface area is 156 Å². The monoisotopic (exact) mass is 393 g/mol. The Bertz CT molecular complexity index is 979. The molecule has 138 valence electrons. The molecule has 0 amide bonds. The van der Waals surface area contributed by atoms with Gasteiger partial charge in [-0.25, -0.2) is 13.1 Å². The van der Waals surface area contributed by atoms with Gasteiger partial charge in [0, 0.05) is 23.4 Å². The predicted molar refractivity (Wildman–Crippen MR) is 98.9 cm³/mol. The number of nitrogens with zero attached hydrogens (tertiary/aromatic N) is 2. The van der Waals surface area contributed by atoms with Crippen LogP contribution in [0.2, 0.25) is 0 Å². The molecule has 26 heavy (non-hydrogen) atoms. The first-order valence-electron chi connectivity index (χ1n) is 8.07. The molecule has 3 aromatic rings. The number of aryl methyl sites for hydroxylation is 1. The molecule has 0 aliphatic heterocycles. The Morgan fingerprint density at radius 2 is 2.08 bits per heavy atom. The van der Waals surface area contributed by atoms with Crippen molar-refractivity contribution in [2.45, 2.75) is 24.0 Å². The number of hydrogen-bond acceptors (Lipinski definition) is 7. The smallest absolute Gasteiger partial charge is 0.250 e. The summed E-state index contributed by atoms with van der Waals surface area (Å²) < 4.78 is 38.2. The lowest BCUT2D eigenvalue weighted by Crippen LogP contribution is -2.25. The van der Waals surface area contributed by atoms with Crippen molar-refractivity contribution in [2.24, 2.45) is 0 Å². The van der Waals surface area contributed by atoms with Gasteiger partial charge in [0.05, 0.1) is 7.11 Å². The van der Waals surface area contributed by atoms with E-state index in [0.29, 0.717) is 28.2 Å². The molecule has 0 fully saturated rings. The number of aromatic nitrogens is 2. The van der Waals surface area contributed by atoms with Crippen molar-refractivity contribution >= 4 is 21.4 Å². The molecular weight excluding hydrogens is 374 g/mol. The molecule has 2 aromatic heterocycles. The number of nitrogens with one attached hydrogen (secondary N) is 1. The topological polar surface area (TPSA) is 94.3 Å². The van der Waals surface area contributed by atoms with Crippen molar-refractivity contribution in [1.82, 2.24) is 14.9 Å². The van der Waals surface area contributed by atoms with E-state index < -0.39 is 10.0 Å². The third-order valence-electron chi connectivity index (χ3n) is 3.66. The van der Waals surface area contributed by atoms with Crippen LogP contribution in [0.3, 0.4) is 0 Å². The van der Waals surface area contributed by atoms with Gasteiger partial charge >= 0.3 is 0 Å². The van der Waals surface area contributed by atoms with E-state index in [2.05, 4.69) is 14.9 Å². The first kappa shape index (κ1) is 18.6. The van der Waals surface area contributed by atoms with Crippen LogP contribution >= 0.6 is 11.3 Å². The van der Waals surface area contributed by atoms with Gasteiger partial charge in [-0.2, -0.15) is 0 Å². The van der Waals surface area contributed by atoms with Crippen molar-refractivity contribution in [2.75, 3.05) is 13.7 Å². The van der Waals surface area contributed by atoms with Gasteiger partial charge in [-0.15, -0.1) is 21.5 Å². The Kier molecular flexibility index (Phi) is 5.70. The Morgan fingerprint density at radius 1 is 1.23 bits per heavy atom. The highest BCUT2D eigenvalue weighted by Crippen LogP contribution is 2.23. The van der Waals surface area contributed by atoms with Crippen LogP contribution < -0.4 is 9.46 Å². The number of ether oxygens (including phenoxy) is 1. The summed E-state index contributed by atoms with van der Waals surface area (Å²) in [5.41, 5.74) is 0.745. The summed E-state index contributed by atoms with van der Waals surface area (Å²) in [6, 6.07) is 10.7. The second kappa shape index (κ2) is 7.98. The molecule has 1 N–H and O–H groups in total. The van der Waals surface area contributed by atoms with Crippen molar-refractivity contribution in [1.29, 1.82) is 0 Å². The summed E-state index contributed by atoms with van der Waals surface area (Å²) in [5.74, 6) is 1.43. The van der Waals surface area contributed by atoms with Crippen molar-refractivity contribution in [3.63, 3.8) is 0 Å². The molecule has 0 saturated heterocycles. The second-order valence-electron chi connectivity index (χ2n) is 5.45. The Balaban J connectivity index is 1.61. The van der Waals surface area contributed by atoms with Crippen molar-refractivity contribution in [3.05, 3.63) is 47.2 Å². The summed E-state index contributed by atoms with van der Waals surface area (Å²) >= 11 is 1.28. The van der Waals surface area contributed by atoms with Crippen molar-refractivity contribution < 1.29 is 17.6 Å². The molecule has 1 aromatic carbocycles. The summed E-state index contributed by atoms with van der Waals surface area (Å²) in [7, 11) is -1.93. The van der Waals surface area contributed by atoms with Gasteiger partial charge in [0.1, 0.15) is 9.96 Å². The van der Waals surface area contributed by atoms with Crippen molar-refractivity contribution in [3.8, 4) is 17.2 Å². The fraction of sp³-hybridized carbons (Fsp3) is 0.294. The summed E-state index contributed by atoms with van der Waals surface area (Å²) in [5, 5.41) is 7.97. The molecule has 0 atom stereocenters. The van der Waals surface area contributed by atoms with Crippen LogP contribution in [0.1, 0.15) is 17.7 Å². The zero-order valence-electron chi connectivity index (χ0n) is 14.4. The van der Waals surface area contributed by atoms with E-state index in [1.807, 2.05) is 31.2 Å². The molecule has 0 bridgehead atoms. The summed E-state index contributed by atoms with van der Waals surface area (Å²) in [6.07, 6.45) is 1.12. The summed E-state index contributed by atoms with van der Waals surface area (Å²) in [6.45, 7) is 2.17. The van der Waals surface area contributed by atoms with E-state index in [9.17, 15) is 8.42 Å². The van der Waals surface area contributed by atoms with Crippen LogP contribution in [0.5, 0.6) is 5.75 Å². The van der Waals surface area contributed by atoms with E-state index in [0.717, 1.165) is 16.9 Å². The second-order valence-corrected chi connectivity index (χ2v) is 8.62. The molecular formula is C17H19N3O4S2. The van der Waals surface area contributed by atoms with Crippen LogP contribution in [0, 0.1) is 0 Å². The quantitative estimate of drug-likeness (QED) is 0.632. The van der Waals surface area contributed by atoms with Gasteiger partial charge in [-0.05, 0) is 36.8 Å². The number of sulfonamides is 1. The number of benzene rings is 1. The van der Waals surface area contributed by atoms with E-state index in [4.69, 9.17) is 9.15 Å². The minimum atomic E-state index is -3.51. The highest BCUT2D eigenvalue weighted by Gasteiger charge is 2.17. The fourth-order valence-electron chi connectivity index (χ4n) is 2.28. The molecule has 3 rings (SSSR count). The average Bonchev–Trinajstić information content (AvgIpc) is 3.31. The SMILES string of the molecule is CCc1ccc(S(=O)(=O)NCCc2nnc(-c3cccc(OC)c3)o2)s1. The normalized spacial score (nSPS) is 11.6. The van der Waals surface area contributed by atoms with E-state index in [1.165, 1.54) is 11.3 Å². The van der Waals surface area contributed by atoms with Gasteiger partial charge in [0.25, 0.3) is 0 Å². The maximum absolute atomic E-state index is 12.3. The predicted octanol–water partition coefficient (Wildman–Crippen LogP) is 2.89. The minimum Gasteiger partial charge on any atom is -0.497 e. The fourth-order valence-corrected chi connectivity index (χ4v) is 4.66. The van der Waals surface area contributed by atoms with Crippen LogP contribution in [-0.2, 0) is 22.9 Å². The lowest BCUT2D eigenvalue weighted by Gasteiger charge is -2.02. The third-order valence-corrected chi connectivity index (χ3v) is 6.85. The molecule has 0 radical (unpaired) electrons. The standard InChI is InChI=1S/C17H19N3O4S2/c1-3-14-7-8-16(25-14)26(21,22)18-10-9-15-19-20-17(24-15)12-5-4-6-13(11-12)23-2/h4-8,11,18H,3,9-10H2,1-2H3.